The number of hydrogen-bond donors (Lipinski definition) is 1. The van der Waals surface area contributed by atoms with E-state index in [9.17, 15) is 14.7 Å². The second-order valence-corrected chi connectivity index (χ2v) is 7.01. The quantitative estimate of drug-likeness (QED) is 0.879. The van der Waals surface area contributed by atoms with Gasteiger partial charge in [-0.15, -0.1) is 0 Å². The van der Waals surface area contributed by atoms with Crippen molar-refractivity contribution < 1.29 is 19.4 Å². The fourth-order valence-electron chi connectivity index (χ4n) is 4.24. The van der Waals surface area contributed by atoms with Gasteiger partial charge in [0.25, 0.3) is 0 Å². The van der Waals surface area contributed by atoms with Crippen molar-refractivity contribution in [1.82, 2.24) is 14.7 Å². The third-order valence-corrected chi connectivity index (χ3v) is 5.48. The van der Waals surface area contributed by atoms with Gasteiger partial charge in [0.2, 0.25) is 5.91 Å². The molecular formula is C18H27N3O4. The summed E-state index contributed by atoms with van der Waals surface area (Å²) in [6.07, 6.45) is 2.56. The average molecular weight is 349 g/mol. The van der Waals surface area contributed by atoms with Crippen LogP contribution in [0.2, 0.25) is 0 Å². The molecule has 0 aliphatic carbocycles. The fraction of sp³-hybridized carbons (Fsp3) is 0.722. The smallest absolute Gasteiger partial charge is 0.308 e. The number of carbonyl (C=O) groups excluding carboxylic acids is 1. The number of aryl methyl sites for hydroxylation is 2. The zero-order chi connectivity index (χ0) is 18.1. The molecule has 0 radical (unpaired) electrons. The Bertz CT molecular complexity index is 664. The van der Waals surface area contributed by atoms with Crippen LogP contribution in [0.4, 0.5) is 0 Å². The number of likely N-dealkylation sites (tertiary alicyclic amines) is 1. The number of rotatable bonds is 5. The zero-order valence-electron chi connectivity index (χ0n) is 15.2. The lowest BCUT2D eigenvalue weighted by Gasteiger charge is -2.41. The van der Waals surface area contributed by atoms with Crippen LogP contribution in [0.25, 0.3) is 0 Å². The first kappa shape index (κ1) is 17.9. The molecule has 3 atom stereocenters. The van der Waals surface area contributed by atoms with Crippen molar-refractivity contribution in [3.63, 3.8) is 0 Å². The summed E-state index contributed by atoms with van der Waals surface area (Å²) in [6.45, 7) is 7.76. The molecule has 0 bridgehead atoms. The van der Waals surface area contributed by atoms with Crippen molar-refractivity contribution in [2.75, 3.05) is 13.2 Å². The largest absolute Gasteiger partial charge is 0.481 e. The molecule has 3 heterocycles. The van der Waals surface area contributed by atoms with Gasteiger partial charge >= 0.3 is 5.97 Å². The number of hydrogen-bond acceptors (Lipinski definition) is 4. The van der Waals surface area contributed by atoms with Gasteiger partial charge in [0.1, 0.15) is 0 Å². The van der Waals surface area contributed by atoms with Crippen LogP contribution < -0.4 is 0 Å². The standard InChI is InChI=1S/C18H27N3O4/c1-4-21-12(3)16(11(2)19-21)17-14(18(23)24)7-8-15(22)20(17)10-13-6-5-9-25-13/h13-14,17H,4-10H2,1-3H3,(H,23,24)/t13-,14-,17+/m1/s1. The van der Waals surface area contributed by atoms with E-state index >= 15 is 0 Å². The van der Waals surface area contributed by atoms with E-state index in [1.807, 2.05) is 25.5 Å². The Balaban J connectivity index is 2.02. The van der Waals surface area contributed by atoms with Crippen LogP contribution in [-0.4, -0.2) is 50.9 Å². The Morgan fingerprint density at radius 2 is 2.12 bits per heavy atom. The molecule has 1 aromatic heterocycles. The topological polar surface area (TPSA) is 84.7 Å². The first-order valence-corrected chi connectivity index (χ1v) is 9.11. The molecule has 138 valence electrons. The number of nitrogens with zero attached hydrogens (tertiary/aromatic N) is 3. The molecule has 2 aliphatic rings. The van der Waals surface area contributed by atoms with E-state index in [1.54, 1.807) is 4.90 Å². The van der Waals surface area contributed by atoms with Gasteiger partial charge in [-0.05, 0) is 40.0 Å². The van der Waals surface area contributed by atoms with Gasteiger partial charge in [-0.25, -0.2) is 0 Å². The average Bonchev–Trinajstić information content (AvgIpc) is 3.17. The third kappa shape index (κ3) is 3.29. The van der Waals surface area contributed by atoms with Crippen molar-refractivity contribution in [2.24, 2.45) is 5.92 Å². The Labute approximate surface area is 147 Å². The number of carboxylic acids is 1. The van der Waals surface area contributed by atoms with E-state index in [1.165, 1.54) is 0 Å². The van der Waals surface area contributed by atoms with Gasteiger partial charge in [-0.2, -0.15) is 5.10 Å². The predicted octanol–water partition coefficient (Wildman–Crippen LogP) is 2.06. The van der Waals surface area contributed by atoms with Crippen LogP contribution >= 0.6 is 0 Å². The van der Waals surface area contributed by atoms with Gasteiger partial charge in [0.05, 0.1) is 23.8 Å². The lowest BCUT2D eigenvalue weighted by molar-refractivity contribution is -0.153. The summed E-state index contributed by atoms with van der Waals surface area (Å²) >= 11 is 0. The Hall–Kier alpha value is -1.89. The highest BCUT2D eigenvalue weighted by atomic mass is 16.5. The van der Waals surface area contributed by atoms with Crippen LogP contribution in [0.3, 0.4) is 0 Å². The van der Waals surface area contributed by atoms with E-state index in [-0.39, 0.29) is 18.4 Å². The molecule has 3 rings (SSSR count). The van der Waals surface area contributed by atoms with Crippen LogP contribution in [0.1, 0.15) is 55.6 Å². The van der Waals surface area contributed by atoms with Gasteiger partial charge in [0.15, 0.2) is 0 Å². The number of aliphatic carboxylic acids is 1. The maximum atomic E-state index is 12.7. The molecule has 2 fully saturated rings. The Kier molecular flexibility index (Phi) is 5.13. The van der Waals surface area contributed by atoms with Crippen LogP contribution in [-0.2, 0) is 20.9 Å². The maximum absolute atomic E-state index is 12.7. The fourth-order valence-corrected chi connectivity index (χ4v) is 4.24. The van der Waals surface area contributed by atoms with Crippen molar-refractivity contribution in [1.29, 1.82) is 0 Å². The van der Waals surface area contributed by atoms with Crippen molar-refractivity contribution >= 4 is 11.9 Å². The van der Waals surface area contributed by atoms with E-state index in [0.717, 1.165) is 36.3 Å². The number of aromatic nitrogens is 2. The Morgan fingerprint density at radius 3 is 2.68 bits per heavy atom. The highest BCUT2D eigenvalue weighted by molar-refractivity contribution is 5.82. The van der Waals surface area contributed by atoms with Gasteiger partial charge in [0, 0.05) is 37.4 Å². The Morgan fingerprint density at radius 1 is 1.36 bits per heavy atom. The summed E-state index contributed by atoms with van der Waals surface area (Å²) in [5, 5.41) is 14.3. The van der Waals surface area contributed by atoms with Gasteiger partial charge in [-0.3, -0.25) is 14.3 Å². The second-order valence-electron chi connectivity index (χ2n) is 7.01. The molecule has 2 aliphatic heterocycles. The number of carbonyl (C=O) groups is 2. The molecule has 0 unspecified atom stereocenters. The summed E-state index contributed by atoms with van der Waals surface area (Å²) in [5.41, 5.74) is 2.64. The second kappa shape index (κ2) is 7.15. The van der Waals surface area contributed by atoms with Crippen molar-refractivity contribution in [3.8, 4) is 0 Å². The summed E-state index contributed by atoms with van der Waals surface area (Å²) in [4.78, 5) is 26.4. The van der Waals surface area contributed by atoms with Crippen molar-refractivity contribution in [2.45, 2.75) is 65.1 Å². The van der Waals surface area contributed by atoms with E-state index < -0.39 is 17.9 Å². The number of carboxylic acid groups (broad SMARTS) is 1. The first-order valence-electron chi connectivity index (χ1n) is 9.11. The molecule has 2 saturated heterocycles. The summed E-state index contributed by atoms with van der Waals surface area (Å²) in [6, 6.07) is -0.469. The first-order chi connectivity index (χ1) is 11.9. The molecule has 1 amide bonds. The highest BCUT2D eigenvalue weighted by Gasteiger charge is 2.44. The molecule has 0 saturated carbocycles. The maximum Gasteiger partial charge on any atom is 0.308 e. The molecule has 1 aromatic rings. The molecular weight excluding hydrogens is 322 g/mol. The van der Waals surface area contributed by atoms with E-state index in [0.29, 0.717) is 19.6 Å². The van der Waals surface area contributed by atoms with E-state index in [4.69, 9.17) is 4.74 Å². The summed E-state index contributed by atoms with van der Waals surface area (Å²) in [5.74, 6) is -1.44. The SMILES string of the molecule is CCn1nc(C)c([C@@H]2[C@H](C(=O)O)CCC(=O)N2C[C@H]2CCCO2)c1C. The zero-order valence-corrected chi connectivity index (χ0v) is 15.2. The number of piperidine rings is 1. The van der Waals surface area contributed by atoms with E-state index in [2.05, 4.69) is 5.10 Å². The summed E-state index contributed by atoms with van der Waals surface area (Å²) in [7, 11) is 0. The summed E-state index contributed by atoms with van der Waals surface area (Å²) < 4.78 is 7.59. The molecule has 0 spiro atoms. The monoisotopic (exact) mass is 349 g/mol. The minimum absolute atomic E-state index is 0.000766. The minimum Gasteiger partial charge on any atom is -0.481 e. The normalized spacial score (nSPS) is 27.1. The van der Waals surface area contributed by atoms with Gasteiger partial charge < -0.3 is 14.7 Å². The van der Waals surface area contributed by atoms with Crippen LogP contribution in [0.5, 0.6) is 0 Å². The lowest BCUT2D eigenvalue weighted by Crippen LogP contribution is -2.48. The molecule has 7 nitrogen and oxygen atoms in total. The molecule has 25 heavy (non-hydrogen) atoms. The minimum atomic E-state index is -0.849. The predicted molar refractivity (Wildman–Crippen MR) is 91.2 cm³/mol. The third-order valence-electron chi connectivity index (χ3n) is 5.48. The molecule has 7 heteroatoms. The molecule has 0 aromatic carbocycles. The van der Waals surface area contributed by atoms with Gasteiger partial charge in [-0.1, -0.05) is 0 Å². The van der Waals surface area contributed by atoms with Crippen LogP contribution in [0.15, 0.2) is 0 Å². The highest BCUT2D eigenvalue weighted by Crippen LogP contribution is 2.40. The lowest BCUT2D eigenvalue weighted by atomic mass is 9.83. The number of amides is 1. The molecule has 1 N–H and O–H groups in total. The van der Waals surface area contributed by atoms with Crippen molar-refractivity contribution in [3.05, 3.63) is 17.0 Å². The number of ether oxygens (including phenoxy) is 1. The van der Waals surface area contributed by atoms with Crippen LogP contribution in [0, 0.1) is 19.8 Å².